The number of rotatable bonds is 8. The standard InChI is InChI=1S/C20H23ClN2O5/c1-15(14-21)27-19(24)22-16-7-6-10-18(13-16)28-20(25)23(11-12-26-2)17-8-4-3-5-9-17/h3-10,13,15H,11-12,14H2,1-2H3,(H,22,24). The summed E-state index contributed by atoms with van der Waals surface area (Å²) < 4.78 is 15.6. The second-order valence-corrected chi connectivity index (χ2v) is 6.18. The lowest BCUT2D eigenvalue weighted by molar-refractivity contribution is 0.131. The molecule has 8 heteroatoms. The second-order valence-electron chi connectivity index (χ2n) is 5.87. The molecule has 1 atom stereocenters. The van der Waals surface area contributed by atoms with E-state index in [0.29, 0.717) is 24.5 Å². The van der Waals surface area contributed by atoms with E-state index in [1.54, 1.807) is 32.2 Å². The van der Waals surface area contributed by atoms with Crippen molar-refractivity contribution >= 4 is 35.2 Å². The largest absolute Gasteiger partial charge is 0.445 e. The number of amides is 2. The topological polar surface area (TPSA) is 77.1 Å². The first-order valence-corrected chi connectivity index (χ1v) is 9.24. The van der Waals surface area contributed by atoms with Crippen LogP contribution in [0.4, 0.5) is 21.0 Å². The number of nitrogens with zero attached hydrogens (tertiary/aromatic N) is 1. The zero-order chi connectivity index (χ0) is 20.4. The number of halogens is 1. The number of alkyl halides is 1. The van der Waals surface area contributed by atoms with Crippen LogP contribution >= 0.6 is 11.6 Å². The van der Waals surface area contributed by atoms with Crippen LogP contribution in [-0.4, -0.2) is 44.4 Å². The Balaban J connectivity index is 2.06. The normalized spacial score (nSPS) is 11.4. The molecule has 2 rings (SSSR count). The average molecular weight is 407 g/mol. The Labute approximate surface area is 169 Å². The molecule has 0 radical (unpaired) electrons. The Morgan fingerprint density at radius 1 is 1.14 bits per heavy atom. The summed E-state index contributed by atoms with van der Waals surface area (Å²) in [6, 6.07) is 15.6. The molecule has 0 saturated carbocycles. The van der Waals surface area contributed by atoms with E-state index in [-0.39, 0.29) is 11.6 Å². The summed E-state index contributed by atoms with van der Waals surface area (Å²) in [6.07, 6.45) is -1.61. The van der Waals surface area contributed by atoms with Gasteiger partial charge < -0.3 is 14.2 Å². The molecule has 28 heavy (non-hydrogen) atoms. The van der Waals surface area contributed by atoms with E-state index in [4.69, 9.17) is 25.8 Å². The molecule has 0 saturated heterocycles. The van der Waals surface area contributed by atoms with Gasteiger partial charge in [0.15, 0.2) is 0 Å². The van der Waals surface area contributed by atoms with Crippen LogP contribution < -0.4 is 15.0 Å². The third-order valence-electron chi connectivity index (χ3n) is 3.62. The maximum absolute atomic E-state index is 12.7. The molecule has 1 unspecified atom stereocenters. The van der Waals surface area contributed by atoms with Crippen molar-refractivity contribution in [3.8, 4) is 5.75 Å². The van der Waals surface area contributed by atoms with E-state index in [0.717, 1.165) is 0 Å². The minimum atomic E-state index is -0.636. The van der Waals surface area contributed by atoms with Crippen molar-refractivity contribution in [3.05, 3.63) is 54.6 Å². The van der Waals surface area contributed by atoms with E-state index < -0.39 is 18.3 Å². The Morgan fingerprint density at radius 3 is 2.57 bits per heavy atom. The molecule has 0 bridgehead atoms. The number of hydrogen-bond acceptors (Lipinski definition) is 5. The third-order valence-corrected chi connectivity index (χ3v) is 4.05. The Kier molecular flexibility index (Phi) is 8.58. The number of hydrogen-bond donors (Lipinski definition) is 1. The fraction of sp³-hybridized carbons (Fsp3) is 0.300. The molecule has 0 aromatic heterocycles. The van der Waals surface area contributed by atoms with Crippen LogP contribution in [0.3, 0.4) is 0 Å². The summed E-state index contributed by atoms with van der Waals surface area (Å²) in [7, 11) is 1.56. The molecule has 2 amide bonds. The lowest BCUT2D eigenvalue weighted by Gasteiger charge is -2.22. The fourth-order valence-electron chi connectivity index (χ4n) is 2.27. The van der Waals surface area contributed by atoms with Crippen LogP contribution in [0.5, 0.6) is 5.75 Å². The van der Waals surface area contributed by atoms with Crippen LogP contribution in [0.15, 0.2) is 54.6 Å². The van der Waals surface area contributed by atoms with Crippen LogP contribution in [-0.2, 0) is 9.47 Å². The van der Waals surface area contributed by atoms with Crippen molar-refractivity contribution in [2.24, 2.45) is 0 Å². The number of methoxy groups -OCH3 is 1. The van der Waals surface area contributed by atoms with E-state index in [2.05, 4.69) is 5.32 Å². The SMILES string of the molecule is COCCN(C(=O)Oc1cccc(NC(=O)OC(C)CCl)c1)c1ccccc1. The number of carbonyl (C=O) groups excluding carboxylic acids is 2. The van der Waals surface area contributed by atoms with Gasteiger partial charge in [-0.2, -0.15) is 0 Å². The lowest BCUT2D eigenvalue weighted by atomic mass is 10.3. The average Bonchev–Trinajstić information content (AvgIpc) is 2.69. The van der Waals surface area contributed by atoms with Gasteiger partial charge in [0, 0.05) is 24.6 Å². The summed E-state index contributed by atoms with van der Waals surface area (Å²) in [6.45, 7) is 2.37. The predicted octanol–water partition coefficient (Wildman–Crippen LogP) is 4.51. The predicted molar refractivity (Wildman–Crippen MR) is 108 cm³/mol. The smallest absolute Gasteiger partial charge is 0.419 e. The summed E-state index contributed by atoms with van der Waals surface area (Å²) in [5.74, 6) is 0.480. The van der Waals surface area contributed by atoms with Crippen molar-refractivity contribution in [2.45, 2.75) is 13.0 Å². The monoisotopic (exact) mass is 406 g/mol. The van der Waals surface area contributed by atoms with Crippen molar-refractivity contribution < 1.29 is 23.8 Å². The van der Waals surface area contributed by atoms with Gasteiger partial charge in [0.25, 0.3) is 0 Å². The van der Waals surface area contributed by atoms with Gasteiger partial charge in [-0.1, -0.05) is 24.3 Å². The first-order valence-electron chi connectivity index (χ1n) is 8.70. The van der Waals surface area contributed by atoms with Crippen LogP contribution in [0, 0.1) is 0 Å². The van der Waals surface area contributed by atoms with Crippen molar-refractivity contribution in [3.63, 3.8) is 0 Å². The highest BCUT2D eigenvalue weighted by molar-refractivity contribution is 6.18. The molecule has 0 spiro atoms. The first-order chi connectivity index (χ1) is 13.5. The molecule has 0 fully saturated rings. The molecule has 2 aromatic carbocycles. The van der Waals surface area contributed by atoms with Crippen molar-refractivity contribution in [1.82, 2.24) is 0 Å². The molecule has 0 aliphatic heterocycles. The maximum atomic E-state index is 12.7. The summed E-state index contributed by atoms with van der Waals surface area (Å²) in [5, 5.41) is 2.57. The number of ether oxygens (including phenoxy) is 3. The fourth-order valence-corrected chi connectivity index (χ4v) is 2.33. The number of anilines is 2. The van der Waals surface area contributed by atoms with Crippen LogP contribution in [0.25, 0.3) is 0 Å². The molecule has 0 aliphatic carbocycles. The minimum Gasteiger partial charge on any atom is -0.445 e. The van der Waals surface area contributed by atoms with E-state index in [9.17, 15) is 9.59 Å². The maximum Gasteiger partial charge on any atom is 0.419 e. The van der Waals surface area contributed by atoms with E-state index >= 15 is 0 Å². The van der Waals surface area contributed by atoms with Gasteiger partial charge in [0.1, 0.15) is 11.9 Å². The van der Waals surface area contributed by atoms with Crippen LogP contribution in [0.1, 0.15) is 6.92 Å². The molecule has 0 heterocycles. The number of benzene rings is 2. The Hall–Kier alpha value is -2.77. The highest BCUT2D eigenvalue weighted by Gasteiger charge is 2.18. The summed E-state index contributed by atoms with van der Waals surface area (Å²) in [5.41, 5.74) is 1.12. The Morgan fingerprint density at radius 2 is 1.89 bits per heavy atom. The van der Waals surface area contributed by atoms with E-state index in [1.807, 2.05) is 30.3 Å². The van der Waals surface area contributed by atoms with Gasteiger partial charge in [-0.3, -0.25) is 10.2 Å². The molecule has 7 nitrogen and oxygen atoms in total. The van der Waals surface area contributed by atoms with Crippen molar-refractivity contribution in [2.75, 3.05) is 36.4 Å². The second kappa shape index (κ2) is 11.2. The van der Waals surface area contributed by atoms with Gasteiger partial charge >= 0.3 is 12.2 Å². The quantitative estimate of drug-likeness (QED) is 0.652. The zero-order valence-electron chi connectivity index (χ0n) is 15.8. The first kappa shape index (κ1) is 21.5. The summed E-state index contributed by atoms with van der Waals surface area (Å²) >= 11 is 5.62. The van der Waals surface area contributed by atoms with Gasteiger partial charge in [0.05, 0.1) is 19.0 Å². The molecular weight excluding hydrogens is 384 g/mol. The van der Waals surface area contributed by atoms with Gasteiger partial charge in [-0.15, -0.1) is 11.6 Å². The molecule has 2 aromatic rings. The van der Waals surface area contributed by atoms with Crippen LogP contribution in [0.2, 0.25) is 0 Å². The minimum absolute atomic E-state index is 0.196. The number of para-hydroxylation sites is 1. The van der Waals surface area contributed by atoms with Gasteiger partial charge in [-0.25, -0.2) is 9.59 Å². The van der Waals surface area contributed by atoms with Gasteiger partial charge in [0.2, 0.25) is 0 Å². The van der Waals surface area contributed by atoms with Crippen molar-refractivity contribution in [1.29, 1.82) is 0 Å². The van der Waals surface area contributed by atoms with E-state index in [1.165, 1.54) is 11.0 Å². The number of carbonyl (C=O) groups is 2. The molecule has 1 N–H and O–H groups in total. The highest BCUT2D eigenvalue weighted by atomic mass is 35.5. The third kappa shape index (κ3) is 6.75. The molecule has 150 valence electrons. The molecular formula is C20H23ClN2O5. The molecule has 0 aliphatic rings. The lowest BCUT2D eigenvalue weighted by Crippen LogP contribution is -2.36. The number of nitrogens with one attached hydrogen (secondary N) is 1. The Bertz CT molecular complexity index is 772. The highest BCUT2D eigenvalue weighted by Crippen LogP contribution is 2.21. The van der Waals surface area contributed by atoms with Gasteiger partial charge in [-0.05, 0) is 31.2 Å². The zero-order valence-corrected chi connectivity index (χ0v) is 16.5. The summed E-state index contributed by atoms with van der Waals surface area (Å²) in [4.78, 5) is 25.9.